The molecule has 0 aliphatic carbocycles. The molecule has 0 aromatic rings. The Hall–Kier alpha value is -0.250. The van der Waals surface area contributed by atoms with E-state index in [1.165, 1.54) is 11.9 Å². The Morgan fingerprint density at radius 3 is 3.25 bits per heavy atom. The van der Waals surface area contributed by atoms with Crippen LogP contribution in [0.5, 0.6) is 0 Å². The first kappa shape index (κ1) is 5.88. The standard InChI is InChI=1S/C5H8N2S/c6-7-4-2-1-3-5-8-7/h1-3,5H,4,6H2. The van der Waals surface area contributed by atoms with Gasteiger partial charge in [-0.05, 0) is 17.4 Å². The van der Waals surface area contributed by atoms with Crippen molar-refractivity contribution in [3.05, 3.63) is 23.6 Å². The molecule has 1 aliphatic rings. The zero-order valence-corrected chi connectivity index (χ0v) is 5.27. The minimum Gasteiger partial charge on any atom is -0.258 e. The van der Waals surface area contributed by atoms with Crippen molar-refractivity contribution in [2.75, 3.05) is 6.54 Å². The van der Waals surface area contributed by atoms with Crippen LogP contribution < -0.4 is 5.84 Å². The van der Waals surface area contributed by atoms with Crippen LogP contribution in [-0.2, 0) is 0 Å². The maximum absolute atomic E-state index is 5.43. The highest BCUT2D eigenvalue weighted by Gasteiger charge is 1.92. The van der Waals surface area contributed by atoms with Gasteiger partial charge >= 0.3 is 0 Å². The lowest BCUT2D eigenvalue weighted by Gasteiger charge is -2.05. The lowest BCUT2D eigenvalue weighted by Crippen LogP contribution is -2.21. The Morgan fingerprint density at radius 1 is 1.50 bits per heavy atom. The Kier molecular flexibility index (Phi) is 2.14. The molecule has 0 radical (unpaired) electrons. The van der Waals surface area contributed by atoms with Gasteiger partial charge in [-0.3, -0.25) is 5.84 Å². The summed E-state index contributed by atoms with van der Waals surface area (Å²) in [5.74, 6) is 5.43. The summed E-state index contributed by atoms with van der Waals surface area (Å²) in [7, 11) is 0. The van der Waals surface area contributed by atoms with Gasteiger partial charge in [-0.15, -0.1) is 0 Å². The molecule has 1 heterocycles. The number of allylic oxidation sites excluding steroid dienone is 2. The van der Waals surface area contributed by atoms with Crippen LogP contribution in [0.1, 0.15) is 0 Å². The fourth-order valence-electron chi connectivity index (χ4n) is 0.445. The first-order valence-electron chi connectivity index (χ1n) is 2.40. The number of hydrazine groups is 1. The predicted octanol–water partition coefficient (Wildman–Crippen LogP) is 0.894. The average molecular weight is 128 g/mol. The number of hydrogen-bond acceptors (Lipinski definition) is 3. The summed E-state index contributed by atoms with van der Waals surface area (Å²) in [6.07, 6.45) is 5.97. The summed E-state index contributed by atoms with van der Waals surface area (Å²) in [6, 6.07) is 0. The summed E-state index contributed by atoms with van der Waals surface area (Å²) >= 11 is 1.51. The van der Waals surface area contributed by atoms with Crippen molar-refractivity contribution in [2.24, 2.45) is 5.84 Å². The average Bonchev–Trinajstić information content (AvgIpc) is 1.94. The van der Waals surface area contributed by atoms with Crippen LogP contribution in [0.2, 0.25) is 0 Å². The third-order valence-corrected chi connectivity index (χ3v) is 1.51. The quantitative estimate of drug-likeness (QED) is 0.388. The van der Waals surface area contributed by atoms with Gasteiger partial charge in [0.2, 0.25) is 0 Å². The second-order valence-electron chi connectivity index (χ2n) is 1.46. The van der Waals surface area contributed by atoms with Crippen LogP contribution in [0, 0.1) is 0 Å². The van der Waals surface area contributed by atoms with Crippen molar-refractivity contribution in [2.45, 2.75) is 0 Å². The van der Waals surface area contributed by atoms with Crippen molar-refractivity contribution in [1.29, 1.82) is 0 Å². The highest BCUT2D eigenvalue weighted by atomic mass is 32.2. The second kappa shape index (κ2) is 2.91. The molecule has 1 rings (SSSR count). The molecule has 0 saturated carbocycles. The Bertz CT molecular complexity index is 106. The third-order valence-electron chi connectivity index (χ3n) is 0.807. The third kappa shape index (κ3) is 1.69. The summed E-state index contributed by atoms with van der Waals surface area (Å²) in [4.78, 5) is 0. The van der Waals surface area contributed by atoms with Crippen LogP contribution in [0.15, 0.2) is 23.6 Å². The van der Waals surface area contributed by atoms with E-state index in [0.29, 0.717) is 0 Å². The molecule has 0 aromatic carbocycles. The molecule has 0 bridgehead atoms. The second-order valence-corrected chi connectivity index (χ2v) is 2.41. The van der Waals surface area contributed by atoms with Gasteiger partial charge in [-0.25, -0.2) is 0 Å². The van der Waals surface area contributed by atoms with Gasteiger partial charge in [-0.1, -0.05) is 18.2 Å². The van der Waals surface area contributed by atoms with Gasteiger partial charge in [0, 0.05) is 6.54 Å². The van der Waals surface area contributed by atoms with Crippen LogP contribution in [0.25, 0.3) is 0 Å². The number of rotatable bonds is 0. The molecule has 0 atom stereocenters. The Balaban J connectivity index is 2.45. The molecule has 1 aliphatic heterocycles. The van der Waals surface area contributed by atoms with Crippen LogP contribution >= 0.6 is 11.9 Å². The molecule has 3 heteroatoms. The van der Waals surface area contributed by atoms with Crippen molar-refractivity contribution < 1.29 is 0 Å². The van der Waals surface area contributed by atoms with Crippen molar-refractivity contribution in [1.82, 2.24) is 4.41 Å². The summed E-state index contributed by atoms with van der Waals surface area (Å²) in [5.41, 5.74) is 0. The first-order valence-corrected chi connectivity index (χ1v) is 3.24. The van der Waals surface area contributed by atoms with E-state index in [1.807, 2.05) is 23.6 Å². The first-order chi connectivity index (χ1) is 3.89. The molecule has 0 unspecified atom stereocenters. The lowest BCUT2D eigenvalue weighted by molar-refractivity contribution is 0.559. The normalized spacial score (nSPS) is 21.1. The fraction of sp³-hybridized carbons (Fsp3) is 0.200. The Morgan fingerprint density at radius 2 is 2.38 bits per heavy atom. The molecule has 44 valence electrons. The highest BCUT2D eigenvalue weighted by Crippen LogP contribution is 2.07. The maximum Gasteiger partial charge on any atom is 0.0429 e. The van der Waals surface area contributed by atoms with E-state index in [1.54, 1.807) is 4.41 Å². The molecule has 0 aromatic heterocycles. The number of hydrogen-bond donors (Lipinski definition) is 1. The van der Waals surface area contributed by atoms with Gasteiger partial charge in [0.05, 0.1) is 0 Å². The maximum atomic E-state index is 5.43. The monoisotopic (exact) mass is 128 g/mol. The number of nitrogens with two attached hydrogens (primary N) is 1. The van der Waals surface area contributed by atoms with Crippen molar-refractivity contribution >= 4 is 11.9 Å². The van der Waals surface area contributed by atoms with E-state index in [2.05, 4.69) is 0 Å². The van der Waals surface area contributed by atoms with E-state index in [-0.39, 0.29) is 0 Å². The summed E-state index contributed by atoms with van der Waals surface area (Å²) < 4.78 is 1.67. The largest absolute Gasteiger partial charge is 0.258 e. The minimum absolute atomic E-state index is 0.817. The molecule has 0 saturated heterocycles. The van der Waals surface area contributed by atoms with Crippen molar-refractivity contribution in [3.8, 4) is 0 Å². The molecule has 2 N–H and O–H groups in total. The molecule has 8 heavy (non-hydrogen) atoms. The molecule has 0 spiro atoms. The number of nitrogens with zero attached hydrogens (tertiary/aromatic N) is 1. The molecular formula is C5H8N2S. The molecule has 2 nitrogen and oxygen atoms in total. The molecule has 0 amide bonds. The van der Waals surface area contributed by atoms with Crippen LogP contribution in [0.4, 0.5) is 0 Å². The zero-order chi connectivity index (χ0) is 5.82. The Labute approximate surface area is 53.1 Å². The van der Waals surface area contributed by atoms with E-state index in [0.717, 1.165) is 6.54 Å². The highest BCUT2D eigenvalue weighted by molar-refractivity contribution is 7.99. The van der Waals surface area contributed by atoms with E-state index < -0.39 is 0 Å². The fourth-order valence-corrected chi connectivity index (χ4v) is 0.934. The van der Waals surface area contributed by atoms with E-state index in [4.69, 9.17) is 5.84 Å². The summed E-state index contributed by atoms with van der Waals surface area (Å²) in [5, 5.41) is 1.95. The van der Waals surface area contributed by atoms with Crippen molar-refractivity contribution in [3.63, 3.8) is 0 Å². The molecular weight excluding hydrogens is 120 g/mol. The van der Waals surface area contributed by atoms with E-state index in [9.17, 15) is 0 Å². The zero-order valence-electron chi connectivity index (χ0n) is 4.45. The van der Waals surface area contributed by atoms with Gasteiger partial charge in [-0.2, -0.15) is 4.41 Å². The van der Waals surface area contributed by atoms with E-state index >= 15 is 0 Å². The summed E-state index contributed by atoms with van der Waals surface area (Å²) in [6.45, 7) is 0.817. The van der Waals surface area contributed by atoms with Crippen LogP contribution in [-0.4, -0.2) is 11.0 Å². The van der Waals surface area contributed by atoms with Gasteiger partial charge in [0.15, 0.2) is 0 Å². The van der Waals surface area contributed by atoms with Crippen LogP contribution in [0.3, 0.4) is 0 Å². The van der Waals surface area contributed by atoms with Gasteiger partial charge < -0.3 is 0 Å². The SMILES string of the molecule is NN1CC=CC=CS1. The molecule has 0 fully saturated rings. The van der Waals surface area contributed by atoms with Gasteiger partial charge in [0.1, 0.15) is 0 Å². The van der Waals surface area contributed by atoms with Gasteiger partial charge in [0.25, 0.3) is 0 Å². The lowest BCUT2D eigenvalue weighted by atomic mass is 10.5. The topological polar surface area (TPSA) is 29.3 Å². The smallest absolute Gasteiger partial charge is 0.0429 e. The predicted molar refractivity (Wildman–Crippen MR) is 36.8 cm³/mol. The minimum atomic E-state index is 0.817.